The molecular weight excluding hydrogens is 495 g/mol. The lowest BCUT2D eigenvalue weighted by molar-refractivity contribution is -0.137. The van der Waals surface area contributed by atoms with Crippen molar-refractivity contribution < 1.29 is 27.4 Å². The first-order valence-corrected chi connectivity index (χ1v) is 12.2. The Morgan fingerprint density at radius 2 is 1.97 bits per heavy atom. The summed E-state index contributed by atoms with van der Waals surface area (Å²) in [7, 11) is 0. The molecule has 2 heterocycles. The molecule has 0 aliphatic carbocycles. The number of terminal acetylenes is 1. The third kappa shape index (κ3) is 6.45. The van der Waals surface area contributed by atoms with E-state index in [0.717, 1.165) is 34.5 Å². The number of morpholine rings is 1. The summed E-state index contributed by atoms with van der Waals surface area (Å²) < 4.78 is 50.8. The molecule has 1 N–H and O–H groups in total. The predicted molar refractivity (Wildman–Crippen MR) is 140 cm³/mol. The van der Waals surface area contributed by atoms with E-state index >= 15 is 0 Å². The Hall–Kier alpha value is -4.03. The van der Waals surface area contributed by atoms with Gasteiger partial charge in [0.15, 0.2) is 0 Å². The lowest BCUT2D eigenvalue weighted by atomic mass is 10.0. The summed E-state index contributed by atoms with van der Waals surface area (Å²) >= 11 is 0. The average Bonchev–Trinajstić information content (AvgIpc) is 2.90. The molecule has 1 fully saturated rings. The van der Waals surface area contributed by atoms with Gasteiger partial charge in [0.05, 0.1) is 18.8 Å². The van der Waals surface area contributed by atoms with Crippen LogP contribution in [0.15, 0.2) is 54.7 Å². The van der Waals surface area contributed by atoms with Crippen molar-refractivity contribution in [1.29, 1.82) is 0 Å². The fourth-order valence-corrected chi connectivity index (χ4v) is 4.16. The molecular formula is C29H28F3N3O3. The minimum atomic E-state index is -4.53. The zero-order valence-corrected chi connectivity index (χ0v) is 21.1. The Morgan fingerprint density at radius 3 is 2.68 bits per heavy atom. The van der Waals surface area contributed by atoms with Crippen molar-refractivity contribution in [3.8, 4) is 29.4 Å². The summed E-state index contributed by atoms with van der Waals surface area (Å²) in [6.07, 6.45) is 2.83. The Labute approximate surface area is 219 Å². The molecule has 1 atom stereocenters. The fraction of sp³-hybridized carbons (Fsp3) is 0.310. The lowest BCUT2D eigenvalue weighted by Gasteiger charge is -2.30. The van der Waals surface area contributed by atoms with Crippen molar-refractivity contribution >= 4 is 17.3 Å². The molecule has 38 heavy (non-hydrogen) atoms. The molecule has 198 valence electrons. The number of carbonyl (C=O) groups is 1. The van der Waals surface area contributed by atoms with Gasteiger partial charge in [0.25, 0.3) is 5.91 Å². The number of alkyl halides is 3. The summed E-state index contributed by atoms with van der Waals surface area (Å²) in [5.74, 6) is 2.44. The molecule has 1 saturated heterocycles. The lowest BCUT2D eigenvalue weighted by Crippen LogP contribution is -2.36. The Balaban J connectivity index is 1.64. The molecule has 1 aliphatic rings. The summed E-state index contributed by atoms with van der Waals surface area (Å²) in [5.41, 5.74) is 2.85. The van der Waals surface area contributed by atoms with Gasteiger partial charge in [0.1, 0.15) is 11.8 Å². The second-order valence-corrected chi connectivity index (χ2v) is 9.05. The molecule has 4 rings (SSSR count). The van der Waals surface area contributed by atoms with Crippen LogP contribution >= 0.6 is 0 Å². The Bertz CT molecular complexity index is 1340. The molecule has 2 aromatic carbocycles. The van der Waals surface area contributed by atoms with Gasteiger partial charge < -0.3 is 19.7 Å². The third-order valence-corrected chi connectivity index (χ3v) is 6.16. The molecule has 9 heteroatoms. The number of aromatic nitrogens is 1. The van der Waals surface area contributed by atoms with Crippen LogP contribution in [-0.2, 0) is 10.9 Å². The van der Waals surface area contributed by atoms with E-state index in [1.54, 1.807) is 18.3 Å². The summed E-state index contributed by atoms with van der Waals surface area (Å²) in [5, 5.41) is 2.71. The van der Waals surface area contributed by atoms with E-state index in [9.17, 15) is 18.0 Å². The minimum Gasteiger partial charge on any atom is -0.472 e. The predicted octanol–water partition coefficient (Wildman–Crippen LogP) is 5.96. The number of benzene rings is 2. The van der Waals surface area contributed by atoms with Crippen LogP contribution in [0, 0.1) is 19.3 Å². The van der Waals surface area contributed by atoms with Crippen LogP contribution in [-0.4, -0.2) is 43.3 Å². The topological polar surface area (TPSA) is 63.7 Å². The zero-order chi connectivity index (χ0) is 27.3. The number of amides is 1. The molecule has 0 spiro atoms. The van der Waals surface area contributed by atoms with E-state index in [1.165, 1.54) is 12.1 Å². The molecule has 1 amide bonds. The van der Waals surface area contributed by atoms with Gasteiger partial charge in [-0.3, -0.25) is 4.79 Å². The maximum Gasteiger partial charge on any atom is 0.416 e. The number of pyridine rings is 1. The summed E-state index contributed by atoms with van der Waals surface area (Å²) in [6.45, 7) is 6.34. The highest BCUT2D eigenvalue weighted by Crippen LogP contribution is 2.35. The molecule has 1 aliphatic heterocycles. The standard InChI is InChI=1S/C29H28F3N3O3/c1-4-6-20(3)38-28-26(35-11-13-37-14-12-35)16-22(18-33-28)25-17-24(10-9-19(25)2)34-27(36)21-7-5-8-23(15-21)29(30,31)32/h1,5,7-10,15-18,20H,6,11-14H2,2-3H3,(H,34,36). The Morgan fingerprint density at radius 1 is 1.21 bits per heavy atom. The maximum absolute atomic E-state index is 13.1. The summed E-state index contributed by atoms with van der Waals surface area (Å²) in [4.78, 5) is 19.5. The molecule has 6 nitrogen and oxygen atoms in total. The Kier molecular flexibility index (Phi) is 8.23. The second-order valence-electron chi connectivity index (χ2n) is 9.05. The van der Waals surface area contributed by atoms with Gasteiger partial charge in [-0.2, -0.15) is 13.2 Å². The maximum atomic E-state index is 13.1. The van der Waals surface area contributed by atoms with Crippen molar-refractivity contribution in [2.24, 2.45) is 0 Å². The van der Waals surface area contributed by atoms with Gasteiger partial charge in [-0.1, -0.05) is 12.1 Å². The molecule has 0 radical (unpaired) electrons. The molecule has 0 saturated carbocycles. The minimum absolute atomic E-state index is 0.0826. The van der Waals surface area contributed by atoms with Gasteiger partial charge in [-0.25, -0.2) is 4.98 Å². The molecule has 1 unspecified atom stereocenters. The van der Waals surface area contributed by atoms with E-state index in [-0.39, 0.29) is 11.7 Å². The quantitative estimate of drug-likeness (QED) is 0.388. The van der Waals surface area contributed by atoms with Crippen LogP contribution in [0.1, 0.15) is 34.8 Å². The van der Waals surface area contributed by atoms with Crippen molar-refractivity contribution in [3.63, 3.8) is 0 Å². The van der Waals surface area contributed by atoms with Gasteiger partial charge in [-0.15, -0.1) is 12.3 Å². The van der Waals surface area contributed by atoms with E-state index in [1.807, 2.05) is 26.0 Å². The highest BCUT2D eigenvalue weighted by Gasteiger charge is 2.31. The normalized spacial score (nSPS) is 14.5. The number of aryl methyl sites for hydroxylation is 1. The van der Waals surface area contributed by atoms with Crippen molar-refractivity contribution in [3.05, 3.63) is 71.4 Å². The smallest absolute Gasteiger partial charge is 0.416 e. The monoisotopic (exact) mass is 523 g/mol. The first kappa shape index (κ1) is 27.0. The van der Waals surface area contributed by atoms with Crippen LogP contribution in [0.5, 0.6) is 5.88 Å². The van der Waals surface area contributed by atoms with Gasteiger partial charge in [0.2, 0.25) is 5.88 Å². The van der Waals surface area contributed by atoms with Crippen LogP contribution < -0.4 is 15.0 Å². The largest absolute Gasteiger partial charge is 0.472 e. The third-order valence-electron chi connectivity index (χ3n) is 6.16. The van der Waals surface area contributed by atoms with Crippen LogP contribution in [0.2, 0.25) is 0 Å². The van der Waals surface area contributed by atoms with Crippen molar-refractivity contribution in [1.82, 2.24) is 4.98 Å². The first-order chi connectivity index (χ1) is 18.2. The number of nitrogens with zero attached hydrogens (tertiary/aromatic N) is 2. The van der Waals surface area contributed by atoms with Crippen molar-refractivity contribution in [2.75, 3.05) is 36.5 Å². The number of carbonyl (C=O) groups excluding carboxylic acids is 1. The van der Waals surface area contributed by atoms with Crippen LogP contribution in [0.4, 0.5) is 24.5 Å². The van der Waals surface area contributed by atoms with Crippen molar-refractivity contribution in [2.45, 2.75) is 32.5 Å². The van der Waals surface area contributed by atoms with Gasteiger partial charge in [0, 0.05) is 42.5 Å². The number of ether oxygens (including phenoxy) is 2. The van der Waals surface area contributed by atoms with Gasteiger partial charge in [-0.05, 0) is 61.4 Å². The fourth-order valence-electron chi connectivity index (χ4n) is 4.16. The average molecular weight is 524 g/mol. The molecule has 0 bridgehead atoms. The zero-order valence-electron chi connectivity index (χ0n) is 21.1. The highest BCUT2D eigenvalue weighted by atomic mass is 19.4. The number of hydrogen-bond donors (Lipinski definition) is 1. The second kappa shape index (κ2) is 11.6. The number of anilines is 2. The van der Waals surface area contributed by atoms with Crippen LogP contribution in [0.3, 0.4) is 0 Å². The summed E-state index contributed by atoms with van der Waals surface area (Å²) in [6, 6.07) is 11.6. The van der Waals surface area contributed by atoms with E-state index in [4.69, 9.17) is 15.9 Å². The van der Waals surface area contributed by atoms with E-state index in [2.05, 4.69) is 21.1 Å². The number of hydrogen-bond acceptors (Lipinski definition) is 5. The number of nitrogens with one attached hydrogen (secondary N) is 1. The number of rotatable bonds is 7. The van der Waals surface area contributed by atoms with Gasteiger partial charge >= 0.3 is 6.18 Å². The van der Waals surface area contributed by atoms with E-state index in [0.29, 0.717) is 44.3 Å². The molecule has 1 aromatic heterocycles. The number of halogens is 3. The first-order valence-electron chi connectivity index (χ1n) is 12.2. The van der Waals surface area contributed by atoms with Crippen LogP contribution in [0.25, 0.3) is 11.1 Å². The SMILES string of the molecule is C#CCC(C)Oc1ncc(-c2cc(NC(=O)c3cccc(C(F)(F)F)c3)ccc2C)cc1N1CCOCC1. The highest BCUT2D eigenvalue weighted by molar-refractivity contribution is 6.04. The molecule has 3 aromatic rings. The van der Waals surface area contributed by atoms with E-state index < -0.39 is 17.6 Å².